The van der Waals surface area contributed by atoms with Gasteiger partial charge in [0, 0.05) is 10.9 Å². The van der Waals surface area contributed by atoms with Crippen molar-refractivity contribution >= 4 is 33.7 Å². The van der Waals surface area contributed by atoms with Gasteiger partial charge in [0.25, 0.3) is 0 Å². The van der Waals surface area contributed by atoms with Crippen molar-refractivity contribution in [3.63, 3.8) is 0 Å². The van der Waals surface area contributed by atoms with Crippen LogP contribution in [0.4, 0.5) is 5.13 Å². The molecular formula is C19H16N6O2S2. The number of rotatable bonds is 5. The minimum atomic E-state index is -0.458. The first kappa shape index (κ1) is 18.0. The molecule has 10 heteroatoms. The van der Waals surface area contributed by atoms with Crippen molar-refractivity contribution in [3.8, 4) is 16.3 Å². The molecular weight excluding hydrogens is 408 g/mol. The van der Waals surface area contributed by atoms with Gasteiger partial charge in [0.1, 0.15) is 11.5 Å². The third-order valence-corrected chi connectivity index (χ3v) is 6.39. The van der Waals surface area contributed by atoms with E-state index in [4.69, 9.17) is 0 Å². The van der Waals surface area contributed by atoms with Gasteiger partial charge in [-0.15, -0.1) is 22.7 Å². The fourth-order valence-electron chi connectivity index (χ4n) is 3.39. The number of nitrogens with one attached hydrogen (secondary N) is 1. The number of benzene rings is 1. The molecule has 0 saturated heterocycles. The number of fused-ring (bicyclic) bond motifs is 1. The predicted octanol–water partition coefficient (Wildman–Crippen LogP) is 2.74. The number of thiophene rings is 1. The van der Waals surface area contributed by atoms with Crippen LogP contribution in [0.25, 0.3) is 16.3 Å². The predicted molar refractivity (Wildman–Crippen MR) is 112 cm³/mol. The highest BCUT2D eigenvalue weighted by Crippen LogP contribution is 2.30. The van der Waals surface area contributed by atoms with Gasteiger partial charge < -0.3 is 5.32 Å². The first-order valence-corrected chi connectivity index (χ1v) is 10.9. The zero-order valence-corrected chi connectivity index (χ0v) is 16.9. The third kappa shape index (κ3) is 3.52. The molecule has 0 saturated carbocycles. The first-order valence-electron chi connectivity index (χ1n) is 9.11. The summed E-state index contributed by atoms with van der Waals surface area (Å²) >= 11 is 2.73. The Kier molecular flexibility index (Phi) is 4.57. The number of amides is 1. The Morgan fingerprint density at radius 2 is 2.03 bits per heavy atom. The molecule has 0 atom stereocenters. The van der Waals surface area contributed by atoms with E-state index in [2.05, 4.69) is 38.9 Å². The highest BCUT2D eigenvalue weighted by Gasteiger charge is 2.16. The standard InChI is InChI=1S/C19H16N6O2S2/c26-16(10-24-19(27)25(23-22-24)17-5-2-8-28-17)21-18-20-15(11-29-18)14-7-6-12-3-1-4-13(12)9-14/h2,5-9,11H,1,3-4,10H2,(H,20,21,26). The molecule has 1 aromatic carbocycles. The summed E-state index contributed by atoms with van der Waals surface area (Å²) in [5.74, 6) is -0.375. The molecule has 3 aromatic heterocycles. The van der Waals surface area contributed by atoms with E-state index in [1.807, 2.05) is 16.8 Å². The molecule has 146 valence electrons. The van der Waals surface area contributed by atoms with Crippen molar-refractivity contribution < 1.29 is 4.79 Å². The monoisotopic (exact) mass is 424 g/mol. The summed E-state index contributed by atoms with van der Waals surface area (Å²) < 4.78 is 2.21. The van der Waals surface area contributed by atoms with Crippen LogP contribution in [-0.4, -0.2) is 30.7 Å². The Bertz CT molecular complexity index is 1240. The summed E-state index contributed by atoms with van der Waals surface area (Å²) in [7, 11) is 0. The smallest absolute Gasteiger partial charge is 0.300 e. The van der Waals surface area contributed by atoms with Crippen LogP contribution in [0.15, 0.2) is 45.9 Å². The normalized spacial score (nSPS) is 12.8. The lowest BCUT2D eigenvalue weighted by Crippen LogP contribution is -2.29. The zero-order chi connectivity index (χ0) is 19.8. The fourth-order valence-corrected chi connectivity index (χ4v) is 4.80. The molecule has 1 N–H and O–H groups in total. The number of hydrogen-bond donors (Lipinski definition) is 1. The van der Waals surface area contributed by atoms with Gasteiger partial charge in [0.15, 0.2) is 5.13 Å². The topological polar surface area (TPSA) is 94.7 Å². The Morgan fingerprint density at radius 1 is 1.14 bits per heavy atom. The highest BCUT2D eigenvalue weighted by atomic mass is 32.1. The number of aromatic nitrogens is 5. The van der Waals surface area contributed by atoms with Gasteiger partial charge >= 0.3 is 5.69 Å². The van der Waals surface area contributed by atoms with Gasteiger partial charge in [0.2, 0.25) is 5.91 Å². The van der Waals surface area contributed by atoms with Gasteiger partial charge in [-0.05, 0) is 64.4 Å². The lowest BCUT2D eigenvalue weighted by Gasteiger charge is -2.02. The summed E-state index contributed by atoms with van der Waals surface area (Å²) in [6.07, 6.45) is 3.45. The fraction of sp³-hybridized carbons (Fsp3) is 0.211. The zero-order valence-electron chi connectivity index (χ0n) is 15.2. The van der Waals surface area contributed by atoms with Gasteiger partial charge in [0.05, 0.1) is 5.69 Å². The summed E-state index contributed by atoms with van der Waals surface area (Å²) in [6, 6.07) is 10.0. The van der Waals surface area contributed by atoms with Gasteiger partial charge in [-0.1, -0.05) is 12.1 Å². The van der Waals surface area contributed by atoms with Crippen LogP contribution in [0.2, 0.25) is 0 Å². The Balaban J connectivity index is 1.28. The summed E-state index contributed by atoms with van der Waals surface area (Å²) in [5, 5.41) is 15.3. The van der Waals surface area contributed by atoms with E-state index >= 15 is 0 Å². The highest BCUT2D eigenvalue weighted by molar-refractivity contribution is 7.14. The largest absolute Gasteiger partial charge is 0.369 e. The molecule has 0 unspecified atom stereocenters. The second-order valence-electron chi connectivity index (χ2n) is 6.71. The van der Waals surface area contributed by atoms with Crippen molar-refractivity contribution in [2.45, 2.75) is 25.8 Å². The molecule has 8 nitrogen and oxygen atoms in total. The van der Waals surface area contributed by atoms with E-state index in [0.717, 1.165) is 28.8 Å². The summed E-state index contributed by atoms with van der Waals surface area (Å²) in [4.78, 5) is 29.2. The number of anilines is 1. The molecule has 0 fully saturated rings. The SMILES string of the molecule is O=C(Cn1nnn(-c2cccs2)c1=O)Nc1nc(-c2ccc3c(c2)CCC3)cs1. The Morgan fingerprint density at radius 3 is 2.90 bits per heavy atom. The number of aryl methyl sites for hydroxylation is 2. The van der Waals surface area contributed by atoms with E-state index in [1.54, 1.807) is 6.07 Å². The van der Waals surface area contributed by atoms with Crippen LogP contribution in [0, 0.1) is 0 Å². The van der Waals surface area contributed by atoms with E-state index in [9.17, 15) is 9.59 Å². The number of hydrogen-bond acceptors (Lipinski definition) is 7. The van der Waals surface area contributed by atoms with Crippen molar-refractivity contribution in [2.75, 3.05) is 5.32 Å². The summed E-state index contributed by atoms with van der Waals surface area (Å²) in [6.45, 7) is -0.224. The van der Waals surface area contributed by atoms with Crippen molar-refractivity contribution in [2.24, 2.45) is 0 Å². The van der Waals surface area contributed by atoms with Gasteiger partial charge in [-0.2, -0.15) is 9.36 Å². The molecule has 3 heterocycles. The van der Waals surface area contributed by atoms with Crippen molar-refractivity contribution in [1.82, 2.24) is 24.8 Å². The van der Waals surface area contributed by atoms with E-state index < -0.39 is 5.69 Å². The first-order chi connectivity index (χ1) is 14.2. The van der Waals surface area contributed by atoms with Gasteiger partial charge in [-0.3, -0.25) is 4.79 Å². The van der Waals surface area contributed by atoms with Crippen LogP contribution >= 0.6 is 22.7 Å². The molecule has 4 aromatic rings. The van der Waals surface area contributed by atoms with E-state index in [1.165, 1.54) is 44.9 Å². The number of carbonyl (C=O) groups is 1. The number of carbonyl (C=O) groups excluding carboxylic acids is 1. The Hall–Kier alpha value is -3.11. The average Bonchev–Trinajstić information content (AvgIpc) is 3.49. The molecule has 1 aliphatic carbocycles. The molecule has 0 radical (unpaired) electrons. The maximum atomic E-state index is 12.4. The molecule has 0 bridgehead atoms. The second kappa shape index (κ2) is 7.37. The number of thiazole rings is 1. The lowest BCUT2D eigenvalue weighted by atomic mass is 10.1. The molecule has 29 heavy (non-hydrogen) atoms. The average molecular weight is 425 g/mol. The van der Waals surface area contributed by atoms with Crippen LogP contribution in [0.5, 0.6) is 0 Å². The second-order valence-corrected chi connectivity index (χ2v) is 8.49. The summed E-state index contributed by atoms with van der Waals surface area (Å²) in [5.41, 5.74) is 4.23. The van der Waals surface area contributed by atoms with E-state index in [-0.39, 0.29) is 12.5 Å². The number of tetrazole rings is 1. The number of nitrogens with zero attached hydrogens (tertiary/aromatic N) is 5. The maximum Gasteiger partial charge on any atom is 0.369 e. The molecule has 5 rings (SSSR count). The molecule has 1 amide bonds. The van der Waals surface area contributed by atoms with Gasteiger partial charge in [-0.25, -0.2) is 9.78 Å². The van der Waals surface area contributed by atoms with Crippen molar-refractivity contribution in [3.05, 3.63) is 62.7 Å². The van der Waals surface area contributed by atoms with Crippen LogP contribution < -0.4 is 11.0 Å². The van der Waals surface area contributed by atoms with E-state index in [0.29, 0.717) is 10.1 Å². The minimum Gasteiger partial charge on any atom is -0.300 e. The third-order valence-electron chi connectivity index (χ3n) is 4.79. The molecule has 0 spiro atoms. The van der Waals surface area contributed by atoms with Crippen LogP contribution in [0.1, 0.15) is 17.5 Å². The molecule has 1 aliphatic rings. The quantitative estimate of drug-likeness (QED) is 0.532. The minimum absolute atomic E-state index is 0.224. The molecule has 0 aliphatic heterocycles. The van der Waals surface area contributed by atoms with Crippen molar-refractivity contribution in [1.29, 1.82) is 0 Å². The Labute approximate surface area is 173 Å². The van der Waals surface area contributed by atoms with Crippen LogP contribution in [0.3, 0.4) is 0 Å². The maximum absolute atomic E-state index is 12.4. The lowest BCUT2D eigenvalue weighted by molar-refractivity contribution is -0.117. The van der Waals surface area contributed by atoms with Crippen LogP contribution in [-0.2, 0) is 24.2 Å².